The fourth-order valence-corrected chi connectivity index (χ4v) is 9.70. The zero-order chi connectivity index (χ0) is 79.1. The number of nitrogens with zero attached hydrogens (tertiary/aromatic N) is 3. The third kappa shape index (κ3) is 63.6. The van der Waals surface area contributed by atoms with Gasteiger partial charge in [0.25, 0.3) is 0 Å². The first-order valence-electron chi connectivity index (χ1n) is 36.2. The Hall–Kier alpha value is -7.29. The minimum absolute atomic E-state index is 0.0286. The van der Waals surface area contributed by atoms with E-state index in [1.165, 1.54) is 23.6 Å². The number of ether oxygens (including phenoxy) is 17. The minimum atomic E-state index is -0.725. The van der Waals surface area contributed by atoms with Crippen LogP contribution in [0.25, 0.3) is 0 Å². The van der Waals surface area contributed by atoms with Gasteiger partial charge in [0.1, 0.15) is 82.7 Å². The summed E-state index contributed by atoms with van der Waals surface area (Å²) < 4.78 is 88.8. The second-order valence-electron chi connectivity index (χ2n) is 23.1. The Morgan fingerprint density at radius 3 is 1.52 bits per heavy atom. The molecule has 0 radical (unpaired) electrons. The van der Waals surface area contributed by atoms with Gasteiger partial charge in [-0.25, -0.2) is 28.8 Å². The van der Waals surface area contributed by atoms with Gasteiger partial charge >= 0.3 is 48.1 Å². The van der Waals surface area contributed by atoms with Crippen LogP contribution in [-0.4, -0.2) is 359 Å². The van der Waals surface area contributed by atoms with Gasteiger partial charge in [-0.3, -0.25) is 48.3 Å². The Labute approximate surface area is 640 Å². The number of thioether (sulfide) groups is 1. The van der Waals surface area contributed by atoms with Crippen molar-refractivity contribution in [3.05, 3.63) is 0 Å². The molecule has 2 aliphatic heterocycles. The average Bonchev–Trinajstić information content (AvgIpc) is 1.73. The lowest BCUT2D eigenvalue weighted by atomic mass is 10.1. The Kier molecular flexibility index (Phi) is 64.1. The number of nitrogens with one attached hydrogen (secondary N) is 6. The molecule has 0 unspecified atom stereocenters. The highest BCUT2D eigenvalue weighted by atomic mass is 32.2. The van der Waals surface area contributed by atoms with Crippen LogP contribution in [0.5, 0.6) is 0 Å². The summed E-state index contributed by atoms with van der Waals surface area (Å²) in [7, 11) is 0. The zero-order valence-corrected chi connectivity index (χ0v) is 64.4. The van der Waals surface area contributed by atoms with Crippen LogP contribution in [0.1, 0.15) is 85.0 Å². The van der Waals surface area contributed by atoms with Crippen molar-refractivity contribution in [2.45, 2.75) is 85.0 Å². The number of ketones is 1. The maximum absolute atomic E-state index is 12.8. The van der Waals surface area contributed by atoms with E-state index < -0.39 is 79.7 Å². The molecule has 2 aliphatic rings. The molecule has 2 rings (SSSR count). The molecular weight excluding hydrogens is 1470 g/mol. The molecule has 620 valence electrons. The van der Waals surface area contributed by atoms with Gasteiger partial charge in [-0.1, -0.05) is 63.5 Å². The van der Waals surface area contributed by atoms with Gasteiger partial charge in [0.05, 0.1) is 112 Å². The predicted octanol–water partition coefficient (Wildman–Crippen LogP) is -0.627. The number of thiocarbonyl (C=S) groups is 1. The van der Waals surface area contributed by atoms with E-state index >= 15 is 0 Å². The molecule has 41 heteroatoms. The van der Waals surface area contributed by atoms with Gasteiger partial charge in [-0.05, 0) is 39.0 Å². The van der Waals surface area contributed by atoms with Crippen molar-refractivity contribution in [3.8, 4) is 0 Å². The highest BCUT2D eigenvalue weighted by Crippen LogP contribution is 2.18. The second-order valence-corrected chi connectivity index (χ2v) is 24.8. The van der Waals surface area contributed by atoms with E-state index in [-0.39, 0.29) is 195 Å². The average molecular weight is 1590 g/mol. The molecule has 0 aromatic carbocycles. The molecule has 0 aromatic heterocycles. The number of alkyl carbamates (subject to hydrolysis) is 3. The highest BCUT2D eigenvalue weighted by molar-refractivity contribution is 8.23. The summed E-state index contributed by atoms with van der Waals surface area (Å²) in [6.07, 6.45) is 5.82. The van der Waals surface area contributed by atoms with Gasteiger partial charge in [0.2, 0.25) is 23.6 Å². The summed E-state index contributed by atoms with van der Waals surface area (Å²) in [6, 6.07) is 0. The van der Waals surface area contributed by atoms with Gasteiger partial charge in [-0.15, -0.1) is 0 Å². The largest absolute Gasteiger partial charge is 0.466 e. The van der Waals surface area contributed by atoms with Crippen LogP contribution in [0.15, 0.2) is 0 Å². The predicted molar refractivity (Wildman–Crippen MR) is 387 cm³/mol. The molecule has 0 spiro atoms. The van der Waals surface area contributed by atoms with Crippen molar-refractivity contribution in [2.24, 2.45) is 0 Å². The minimum Gasteiger partial charge on any atom is -0.466 e. The lowest BCUT2D eigenvalue weighted by molar-refractivity contribution is -0.152. The number of rotatable bonds is 30. The maximum atomic E-state index is 12.8. The number of carbonyl (C=O) groups is 13. The van der Waals surface area contributed by atoms with Gasteiger partial charge < -0.3 is 112 Å². The molecule has 108 heavy (non-hydrogen) atoms. The zero-order valence-electron chi connectivity index (χ0n) is 62.8. The van der Waals surface area contributed by atoms with E-state index in [4.69, 9.17) is 92.7 Å². The standard InChI is InChI=1S/C37H65N5O17.C30H50N4O13S2/c1-31(43)26-42-12-20-56-34(46)29-54-27-32(44)38-8-16-50-22-24-52-18-10-40-36(48)58-14-6-4-2-3-5-7-15-59-37(49)41-11-19-53-25-23-51-17-9-39-33(45)28-55-30-35(47)57-21-13-42;1-3-11-44-26(37)6-5-13-41-17-18-42-14-7-31-24(35)22-43-23-28(39)46-16-9-33(21-25(36)34-10-19-49-30(34)48)8-15-45-27(38)20-32-29(40)47-12-4-2/h2-30H2,1H3,(H,38,44)(H,39,45)(H,40,48)(H,41,49);3-23H2,1-2H3,(H,31,35)(H,32,40). The molecule has 2 saturated heterocycles. The van der Waals surface area contributed by atoms with Gasteiger partial charge in [0, 0.05) is 84.2 Å². The second kappa shape index (κ2) is 70.1. The Bertz CT molecular complexity index is 2480. The van der Waals surface area contributed by atoms with Gasteiger partial charge in [-0.2, -0.15) is 0 Å². The fourth-order valence-electron chi connectivity index (χ4n) is 8.46. The molecular formula is C67H115N9O30S2. The Morgan fingerprint density at radius 2 is 1.00 bits per heavy atom. The fraction of sp³-hybridized carbons (Fsp3) is 0.791. The third-order valence-electron chi connectivity index (χ3n) is 13.7. The quantitative estimate of drug-likeness (QED) is 0.0226. The van der Waals surface area contributed by atoms with Crippen molar-refractivity contribution < 1.29 is 143 Å². The summed E-state index contributed by atoms with van der Waals surface area (Å²) in [5.41, 5.74) is 0. The molecule has 7 amide bonds. The SMILES string of the molecule is CC(=O)CN1CCOC(=O)COCC(=O)NCCOCCOCCNC(=O)OCCCCCCCCOC(=O)NCCOCCOCCNC(=O)COCC(=O)OCC1.CCCOC(=O)CCCOCCOCCNC(=O)COCC(=O)OCCN(CCOC(=O)CNC(=O)OCCC)CC(=O)N1CCSC1=S. The number of esters is 5. The van der Waals surface area contributed by atoms with Crippen LogP contribution in [0, 0.1) is 0 Å². The lowest BCUT2D eigenvalue weighted by Crippen LogP contribution is -2.43. The van der Waals surface area contributed by atoms with E-state index in [0.717, 1.165) is 44.9 Å². The summed E-state index contributed by atoms with van der Waals surface area (Å²) in [6.45, 7) is 9.12. The van der Waals surface area contributed by atoms with E-state index in [9.17, 15) is 62.3 Å². The molecule has 0 aliphatic carbocycles. The summed E-state index contributed by atoms with van der Waals surface area (Å²) >= 11 is 6.63. The molecule has 2 fully saturated rings. The van der Waals surface area contributed by atoms with Crippen LogP contribution in [0.4, 0.5) is 14.4 Å². The molecule has 2 heterocycles. The van der Waals surface area contributed by atoms with E-state index in [1.54, 1.807) is 9.80 Å². The van der Waals surface area contributed by atoms with Crippen molar-refractivity contribution in [2.75, 3.05) is 263 Å². The van der Waals surface area contributed by atoms with Crippen LogP contribution >= 0.6 is 24.0 Å². The normalized spacial score (nSPS) is 17.3. The van der Waals surface area contributed by atoms with Crippen LogP contribution in [0.3, 0.4) is 0 Å². The van der Waals surface area contributed by atoms with Crippen molar-refractivity contribution >= 4 is 106 Å². The number of hydrogen-bond donors (Lipinski definition) is 6. The van der Waals surface area contributed by atoms with E-state index in [2.05, 4.69) is 31.9 Å². The van der Waals surface area contributed by atoms with Crippen LogP contribution in [-0.2, 0) is 128 Å². The highest BCUT2D eigenvalue weighted by Gasteiger charge is 2.26. The molecule has 0 atom stereocenters. The smallest absolute Gasteiger partial charge is 0.407 e. The monoisotopic (exact) mass is 1590 g/mol. The number of hydrogen-bond acceptors (Lipinski definition) is 34. The first-order valence-corrected chi connectivity index (χ1v) is 37.6. The van der Waals surface area contributed by atoms with Crippen LogP contribution < -0.4 is 31.9 Å². The third-order valence-corrected chi connectivity index (χ3v) is 15.1. The Balaban J connectivity index is 0.00000110. The van der Waals surface area contributed by atoms with Gasteiger partial charge in [0.15, 0.2) is 0 Å². The number of amides is 7. The van der Waals surface area contributed by atoms with E-state index in [0.29, 0.717) is 88.7 Å². The maximum Gasteiger partial charge on any atom is 0.407 e. The topological polar surface area (TPSA) is 461 Å². The molecule has 0 aromatic rings. The number of carbonyl (C=O) groups excluding carboxylic acids is 13. The van der Waals surface area contributed by atoms with Crippen LogP contribution in [0.2, 0.25) is 0 Å². The molecule has 6 N–H and O–H groups in total. The van der Waals surface area contributed by atoms with Crippen molar-refractivity contribution in [1.29, 1.82) is 0 Å². The Morgan fingerprint density at radius 1 is 0.500 bits per heavy atom. The number of cyclic esters (lactones) is 4. The molecule has 0 bridgehead atoms. The van der Waals surface area contributed by atoms with E-state index in [1.807, 2.05) is 13.8 Å². The summed E-state index contributed by atoms with van der Waals surface area (Å²) in [5.74, 6) is -4.05. The number of Topliss-reactive ketones (excluding diaryl/α,β-unsaturated/α-hetero) is 1. The van der Waals surface area contributed by atoms with Crippen molar-refractivity contribution in [1.82, 2.24) is 46.6 Å². The first kappa shape index (κ1) is 98.7. The first-order chi connectivity index (χ1) is 52.3. The lowest BCUT2D eigenvalue weighted by Gasteiger charge is -2.24. The van der Waals surface area contributed by atoms with Crippen molar-refractivity contribution in [3.63, 3.8) is 0 Å². The molecule has 39 nitrogen and oxygen atoms in total. The summed E-state index contributed by atoms with van der Waals surface area (Å²) in [4.78, 5) is 160. The summed E-state index contributed by atoms with van der Waals surface area (Å²) in [5, 5.41) is 15.3. The molecule has 0 saturated carbocycles.